The molecule has 1 saturated heterocycles. The number of aliphatic hydroxyl groups is 1. The molecule has 0 radical (unpaired) electrons. The number of ketones is 1. The molecule has 0 aliphatic carbocycles. The Labute approximate surface area is 190 Å². The van der Waals surface area contributed by atoms with Crippen LogP contribution in [0.1, 0.15) is 35.2 Å². The zero-order valence-electron chi connectivity index (χ0n) is 17.9. The van der Waals surface area contributed by atoms with Crippen molar-refractivity contribution in [2.24, 2.45) is 0 Å². The van der Waals surface area contributed by atoms with Gasteiger partial charge in [0.2, 0.25) is 0 Å². The van der Waals surface area contributed by atoms with Crippen molar-refractivity contribution in [1.29, 1.82) is 0 Å². The highest BCUT2D eigenvalue weighted by Gasteiger charge is 2.47. The van der Waals surface area contributed by atoms with Gasteiger partial charge in [-0.2, -0.15) is 0 Å². The Hall–Kier alpha value is -4.00. The first kappa shape index (κ1) is 20.9. The number of ether oxygens (including phenoxy) is 1. The molecular weight excluding hydrogens is 423 g/mol. The number of carbonyl (C=O) groups is 2. The third-order valence-electron chi connectivity index (χ3n) is 6.01. The predicted molar refractivity (Wildman–Crippen MR) is 119 cm³/mol. The van der Waals surface area contributed by atoms with E-state index in [-0.39, 0.29) is 29.5 Å². The molecule has 6 nitrogen and oxygen atoms in total. The summed E-state index contributed by atoms with van der Waals surface area (Å²) in [7, 11) is 0. The number of likely N-dealkylation sites (tertiary alicyclic amines) is 1. The van der Waals surface area contributed by atoms with Gasteiger partial charge in [0.05, 0.1) is 11.6 Å². The first-order valence-electron chi connectivity index (χ1n) is 10.7. The molecule has 0 spiro atoms. The summed E-state index contributed by atoms with van der Waals surface area (Å²) in [6, 6.07) is 13.5. The van der Waals surface area contributed by atoms with Crippen LogP contribution in [0.3, 0.4) is 0 Å². The van der Waals surface area contributed by atoms with Gasteiger partial charge < -0.3 is 14.7 Å². The fourth-order valence-electron chi connectivity index (χ4n) is 4.47. The van der Waals surface area contributed by atoms with Gasteiger partial charge in [-0.25, -0.2) is 4.39 Å². The number of benzene rings is 2. The van der Waals surface area contributed by atoms with Gasteiger partial charge in [-0.1, -0.05) is 18.2 Å². The predicted octanol–water partition coefficient (Wildman–Crippen LogP) is 4.17. The van der Waals surface area contributed by atoms with E-state index in [9.17, 15) is 19.1 Å². The average molecular weight is 444 g/mol. The summed E-state index contributed by atoms with van der Waals surface area (Å²) in [5.41, 5.74) is 2.03. The number of rotatable bonds is 4. The van der Waals surface area contributed by atoms with Crippen LogP contribution in [-0.2, 0) is 22.6 Å². The van der Waals surface area contributed by atoms with Gasteiger partial charge in [-0.3, -0.25) is 14.6 Å². The molecule has 1 fully saturated rings. The molecule has 2 aromatic carbocycles. The minimum Gasteiger partial charge on any atom is -0.507 e. The first-order valence-corrected chi connectivity index (χ1v) is 10.7. The summed E-state index contributed by atoms with van der Waals surface area (Å²) in [6.45, 7) is 2.01. The van der Waals surface area contributed by atoms with Crippen LogP contribution in [0.15, 0.2) is 72.6 Å². The van der Waals surface area contributed by atoms with Crippen LogP contribution >= 0.6 is 0 Å². The van der Waals surface area contributed by atoms with E-state index in [0.29, 0.717) is 12.0 Å². The molecule has 1 N–H and O–H groups in total. The van der Waals surface area contributed by atoms with Crippen molar-refractivity contribution in [3.63, 3.8) is 0 Å². The van der Waals surface area contributed by atoms with Crippen LogP contribution in [0, 0.1) is 5.82 Å². The van der Waals surface area contributed by atoms with Gasteiger partial charge >= 0.3 is 0 Å². The van der Waals surface area contributed by atoms with Crippen molar-refractivity contribution < 1.29 is 23.8 Å². The molecule has 33 heavy (non-hydrogen) atoms. The summed E-state index contributed by atoms with van der Waals surface area (Å²) < 4.78 is 20.6. The van der Waals surface area contributed by atoms with Crippen LogP contribution in [-0.4, -0.2) is 32.8 Å². The lowest BCUT2D eigenvalue weighted by atomic mass is 9.94. The van der Waals surface area contributed by atoms with E-state index in [1.165, 1.54) is 23.1 Å². The Morgan fingerprint density at radius 1 is 1.15 bits per heavy atom. The van der Waals surface area contributed by atoms with Crippen molar-refractivity contribution in [2.75, 3.05) is 0 Å². The lowest BCUT2D eigenvalue weighted by molar-refractivity contribution is -0.140. The van der Waals surface area contributed by atoms with Gasteiger partial charge in [-0.15, -0.1) is 0 Å². The van der Waals surface area contributed by atoms with E-state index in [2.05, 4.69) is 4.98 Å². The van der Waals surface area contributed by atoms with Gasteiger partial charge in [0, 0.05) is 36.5 Å². The maximum atomic E-state index is 14.9. The highest BCUT2D eigenvalue weighted by Crippen LogP contribution is 2.42. The summed E-state index contributed by atoms with van der Waals surface area (Å²) in [5.74, 6) is -1.81. The van der Waals surface area contributed by atoms with Crippen LogP contribution in [0.5, 0.6) is 5.75 Å². The van der Waals surface area contributed by atoms with Gasteiger partial charge in [-0.05, 0) is 54.4 Å². The molecule has 0 bridgehead atoms. The van der Waals surface area contributed by atoms with Gasteiger partial charge in [0.25, 0.3) is 11.7 Å². The fourth-order valence-corrected chi connectivity index (χ4v) is 4.47. The number of amides is 1. The quantitative estimate of drug-likeness (QED) is 0.371. The topological polar surface area (TPSA) is 79.7 Å². The minimum absolute atomic E-state index is 0.0155. The molecule has 3 heterocycles. The van der Waals surface area contributed by atoms with E-state index in [4.69, 9.17) is 4.74 Å². The average Bonchev–Trinajstić information content (AvgIpc) is 3.31. The Kier molecular flexibility index (Phi) is 5.17. The zero-order chi connectivity index (χ0) is 23.1. The maximum Gasteiger partial charge on any atom is 0.295 e. The lowest BCUT2D eigenvalue weighted by Crippen LogP contribution is -2.29. The smallest absolute Gasteiger partial charge is 0.295 e. The molecule has 0 saturated carbocycles. The number of hydrogen-bond donors (Lipinski definition) is 1. The summed E-state index contributed by atoms with van der Waals surface area (Å²) in [6.07, 6.45) is 3.85. The molecule has 2 atom stereocenters. The normalized spacial score (nSPS) is 21.2. The molecule has 2 aliphatic heterocycles. The number of halogens is 1. The Bertz CT molecular complexity index is 1290. The van der Waals surface area contributed by atoms with Crippen molar-refractivity contribution in [1.82, 2.24) is 9.88 Å². The highest BCUT2D eigenvalue weighted by molar-refractivity contribution is 6.46. The van der Waals surface area contributed by atoms with Crippen LogP contribution in [0.25, 0.3) is 5.76 Å². The number of hydrogen-bond acceptors (Lipinski definition) is 5. The number of Topliss-reactive ketones (excluding diaryl/α,β-unsaturated/α-hetero) is 1. The standard InChI is InChI=1S/C26H21FN2O4/c1-15-12-18-13-17(6-7-21(18)33-15)24(30)22-23(19-4-2-3-5-20(19)27)29(26(32)25(22)31)14-16-8-10-28-11-9-16/h2-11,13,15,23,30H,12,14H2,1H3/t15-,23+/m0/s1. The van der Waals surface area contributed by atoms with Crippen molar-refractivity contribution in [3.8, 4) is 5.75 Å². The maximum absolute atomic E-state index is 14.9. The number of pyridine rings is 1. The Morgan fingerprint density at radius 3 is 2.67 bits per heavy atom. The summed E-state index contributed by atoms with van der Waals surface area (Å²) in [4.78, 5) is 31.5. The molecular formula is C26H21FN2O4. The second-order valence-electron chi connectivity index (χ2n) is 8.26. The SMILES string of the molecule is C[C@H]1Cc2cc(C(O)=C3C(=O)C(=O)N(Cc4ccncc4)[C@@H]3c3ccccc3F)ccc2O1. The molecule has 166 valence electrons. The van der Waals surface area contributed by atoms with E-state index >= 15 is 0 Å². The first-order chi connectivity index (χ1) is 15.9. The van der Waals surface area contributed by atoms with Crippen LogP contribution < -0.4 is 4.74 Å². The third kappa shape index (κ3) is 3.65. The number of aliphatic hydroxyl groups excluding tert-OH is 1. The van der Waals surface area contributed by atoms with Crippen LogP contribution in [0.4, 0.5) is 4.39 Å². The van der Waals surface area contributed by atoms with E-state index in [0.717, 1.165) is 16.9 Å². The molecule has 1 aromatic heterocycles. The van der Waals surface area contributed by atoms with Gasteiger partial charge in [0.1, 0.15) is 23.4 Å². The molecule has 2 aliphatic rings. The monoisotopic (exact) mass is 444 g/mol. The largest absolute Gasteiger partial charge is 0.507 e. The molecule has 5 rings (SSSR count). The number of fused-ring (bicyclic) bond motifs is 1. The van der Waals surface area contributed by atoms with Crippen molar-refractivity contribution in [2.45, 2.75) is 32.0 Å². The fraction of sp³-hybridized carbons (Fsp3) is 0.192. The lowest BCUT2D eigenvalue weighted by Gasteiger charge is -2.25. The van der Waals surface area contributed by atoms with Crippen molar-refractivity contribution in [3.05, 3.63) is 101 Å². The molecule has 7 heteroatoms. The van der Waals surface area contributed by atoms with Gasteiger partial charge in [0.15, 0.2) is 0 Å². The summed E-state index contributed by atoms with van der Waals surface area (Å²) >= 11 is 0. The van der Waals surface area contributed by atoms with E-state index in [1.54, 1.807) is 48.8 Å². The number of nitrogens with zero attached hydrogens (tertiary/aromatic N) is 2. The Morgan fingerprint density at radius 2 is 1.91 bits per heavy atom. The molecule has 3 aromatic rings. The molecule has 1 amide bonds. The second kappa shape index (κ2) is 8.16. The Balaban J connectivity index is 1.65. The number of carbonyl (C=O) groups excluding carboxylic acids is 2. The van der Waals surface area contributed by atoms with E-state index in [1.807, 2.05) is 6.92 Å². The minimum atomic E-state index is -1.07. The molecule has 0 unspecified atom stereocenters. The third-order valence-corrected chi connectivity index (χ3v) is 6.01. The van der Waals surface area contributed by atoms with Crippen molar-refractivity contribution >= 4 is 17.4 Å². The highest BCUT2D eigenvalue weighted by atomic mass is 19.1. The zero-order valence-corrected chi connectivity index (χ0v) is 17.9. The van der Waals surface area contributed by atoms with Crippen LogP contribution in [0.2, 0.25) is 0 Å². The second-order valence-corrected chi connectivity index (χ2v) is 8.26. The van der Waals surface area contributed by atoms with E-state index < -0.39 is 23.5 Å². The summed E-state index contributed by atoms with van der Waals surface area (Å²) in [5, 5.41) is 11.2. The number of aromatic nitrogens is 1.